The molecule has 0 radical (unpaired) electrons. The molecule has 0 spiro atoms. The van der Waals surface area contributed by atoms with Crippen LogP contribution in [0.15, 0.2) is 42.7 Å². The Kier molecular flexibility index (Phi) is 11.4. The molecule has 1 unspecified atom stereocenters. The zero-order valence-corrected chi connectivity index (χ0v) is 34.6. The van der Waals surface area contributed by atoms with Crippen LogP contribution in [-0.2, 0) is 20.9 Å². The van der Waals surface area contributed by atoms with E-state index < -0.39 is 11.9 Å². The summed E-state index contributed by atoms with van der Waals surface area (Å²) < 4.78 is 27.1. The number of piperidine rings is 2. The number of benzene rings is 2. The molecule has 6 aliphatic rings. The summed E-state index contributed by atoms with van der Waals surface area (Å²) in [6.07, 6.45) is 7.55. The molecule has 0 bridgehead atoms. The summed E-state index contributed by atoms with van der Waals surface area (Å²) in [5, 5.41) is 10.9. The Morgan fingerprint density at radius 2 is 1.70 bits per heavy atom. The van der Waals surface area contributed by atoms with Crippen LogP contribution in [0, 0.1) is 11.7 Å². The van der Waals surface area contributed by atoms with E-state index in [9.17, 15) is 14.4 Å². The maximum Gasteiger partial charge on any atom is 0.255 e. The number of H-pyrrole nitrogens is 1. The quantitative estimate of drug-likeness (QED) is 0.233. The van der Waals surface area contributed by atoms with Gasteiger partial charge in [0.15, 0.2) is 5.82 Å². The number of nitrogens with zero attached hydrogens (tertiary/aromatic N) is 8. The topological polar surface area (TPSA) is 152 Å². The highest BCUT2D eigenvalue weighted by atomic mass is 19.1. The molecular formula is C44H55FN10O5. The number of carbonyl (C=O) groups is 3. The van der Waals surface area contributed by atoms with Crippen molar-refractivity contribution in [3.05, 3.63) is 59.7 Å². The maximum absolute atomic E-state index is 15.5. The Balaban J connectivity index is 0.000000157. The van der Waals surface area contributed by atoms with Crippen LogP contribution in [0.1, 0.15) is 67.8 Å². The van der Waals surface area contributed by atoms with E-state index in [1.165, 1.54) is 4.90 Å². The van der Waals surface area contributed by atoms with Crippen LogP contribution in [0.25, 0.3) is 22.3 Å². The predicted octanol–water partition coefficient (Wildman–Crippen LogP) is 4.23. The fourth-order valence-electron chi connectivity index (χ4n) is 8.99. The van der Waals surface area contributed by atoms with Gasteiger partial charge in [0.05, 0.1) is 36.7 Å². The molecule has 16 heteroatoms. The molecule has 2 aromatic heterocycles. The number of amides is 3. The van der Waals surface area contributed by atoms with Gasteiger partial charge in [0, 0.05) is 81.4 Å². The van der Waals surface area contributed by atoms with Crippen molar-refractivity contribution in [3.63, 3.8) is 0 Å². The molecule has 4 saturated heterocycles. The van der Waals surface area contributed by atoms with Gasteiger partial charge in [0.2, 0.25) is 11.8 Å². The van der Waals surface area contributed by atoms with E-state index in [1.54, 1.807) is 18.5 Å². The van der Waals surface area contributed by atoms with Crippen molar-refractivity contribution < 1.29 is 28.2 Å². The summed E-state index contributed by atoms with van der Waals surface area (Å²) in [6.45, 7) is 12.6. The first-order valence-corrected chi connectivity index (χ1v) is 21.5. The third-order valence-corrected chi connectivity index (χ3v) is 13.1. The Morgan fingerprint density at radius 1 is 0.917 bits per heavy atom. The fraction of sp³-hybridized carbons (Fsp3) is 0.545. The van der Waals surface area contributed by atoms with Gasteiger partial charge in [-0.05, 0) is 95.3 Å². The number of halogens is 1. The largest absolute Gasteiger partial charge is 0.488 e. The minimum absolute atomic E-state index is 0.00108. The van der Waals surface area contributed by atoms with Gasteiger partial charge in [0.1, 0.15) is 35.2 Å². The van der Waals surface area contributed by atoms with Crippen LogP contribution in [0.3, 0.4) is 0 Å². The molecule has 15 nitrogen and oxygen atoms in total. The summed E-state index contributed by atoms with van der Waals surface area (Å²) in [4.78, 5) is 56.1. The Labute approximate surface area is 349 Å². The average molecular weight is 823 g/mol. The molecule has 60 heavy (non-hydrogen) atoms. The third-order valence-electron chi connectivity index (χ3n) is 13.1. The normalized spacial score (nSPS) is 22.4. The number of likely N-dealkylation sites (N-methyl/N-ethyl adjacent to an activating group) is 1. The van der Waals surface area contributed by atoms with Crippen LogP contribution < -0.4 is 19.9 Å². The molecule has 2 aromatic carbocycles. The first kappa shape index (κ1) is 40.2. The van der Waals surface area contributed by atoms with Crippen LogP contribution in [-0.4, -0.2) is 143 Å². The second kappa shape index (κ2) is 17.1. The highest BCUT2D eigenvalue weighted by molar-refractivity contribution is 6.05. The molecule has 5 fully saturated rings. The molecular weight excluding hydrogens is 768 g/mol. The van der Waals surface area contributed by atoms with Gasteiger partial charge < -0.3 is 29.1 Å². The van der Waals surface area contributed by atoms with E-state index in [-0.39, 0.29) is 42.6 Å². The van der Waals surface area contributed by atoms with Crippen molar-refractivity contribution >= 4 is 40.1 Å². The van der Waals surface area contributed by atoms with Crippen molar-refractivity contribution in [2.45, 2.75) is 70.1 Å². The highest BCUT2D eigenvalue weighted by Crippen LogP contribution is 2.41. The van der Waals surface area contributed by atoms with Crippen LogP contribution in [0.2, 0.25) is 0 Å². The van der Waals surface area contributed by atoms with E-state index >= 15 is 4.39 Å². The number of fused-ring (bicyclic) bond motifs is 2. The van der Waals surface area contributed by atoms with Crippen LogP contribution in [0.4, 0.5) is 15.9 Å². The minimum Gasteiger partial charge on any atom is -0.488 e. The SMILES string of the molecule is CN1CCN(c2cc(-c3n[nH]c4ccc(OC5(C)CC5)cc34)ncn2)CC1.O=C1CCC(N2Cc3c(ccc(N4CCC(CCN5CCOCC5)CC4)c3F)C2=O)C(=O)N1. The van der Waals surface area contributed by atoms with Gasteiger partial charge in [-0.15, -0.1) is 0 Å². The zero-order valence-electron chi connectivity index (χ0n) is 34.6. The second-order valence-corrected chi connectivity index (χ2v) is 17.4. The third kappa shape index (κ3) is 8.68. The van der Waals surface area contributed by atoms with Crippen molar-refractivity contribution in [1.82, 2.24) is 40.2 Å². The van der Waals surface area contributed by atoms with Gasteiger partial charge in [0.25, 0.3) is 5.91 Å². The van der Waals surface area contributed by atoms with Crippen LogP contribution in [0.5, 0.6) is 5.75 Å². The lowest BCUT2D eigenvalue weighted by molar-refractivity contribution is -0.136. The summed E-state index contributed by atoms with van der Waals surface area (Å²) in [6, 6.07) is 10.8. The Hall–Kier alpha value is -5.19. The number of imide groups is 1. The van der Waals surface area contributed by atoms with Gasteiger partial charge in [-0.2, -0.15) is 5.10 Å². The Morgan fingerprint density at radius 3 is 2.45 bits per heavy atom. The first-order chi connectivity index (χ1) is 29.1. The van der Waals surface area contributed by atoms with Crippen molar-refractivity contribution in [2.75, 3.05) is 89.0 Å². The van der Waals surface area contributed by atoms with E-state index in [0.29, 0.717) is 22.7 Å². The summed E-state index contributed by atoms with van der Waals surface area (Å²) in [5.74, 6) is 0.982. The molecule has 10 rings (SSSR count). The molecule has 7 heterocycles. The number of anilines is 2. The number of piperazine rings is 1. The highest BCUT2D eigenvalue weighted by Gasteiger charge is 2.42. The maximum atomic E-state index is 15.5. The fourth-order valence-corrected chi connectivity index (χ4v) is 8.99. The smallest absolute Gasteiger partial charge is 0.255 e. The first-order valence-electron chi connectivity index (χ1n) is 21.5. The van der Waals surface area contributed by atoms with Crippen molar-refractivity contribution in [2.24, 2.45) is 5.92 Å². The van der Waals surface area contributed by atoms with Gasteiger partial charge >= 0.3 is 0 Å². The monoisotopic (exact) mass is 822 g/mol. The minimum atomic E-state index is -0.729. The predicted molar refractivity (Wildman–Crippen MR) is 224 cm³/mol. The lowest BCUT2D eigenvalue weighted by Crippen LogP contribution is -2.52. The van der Waals surface area contributed by atoms with Crippen molar-refractivity contribution in [1.29, 1.82) is 0 Å². The number of rotatable bonds is 9. The molecule has 5 aliphatic heterocycles. The van der Waals surface area contributed by atoms with Gasteiger partial charge in [-0.25, -0.2) is 14.4 Å². The average Bonchev–Trinajstić information content (AvgIpc) is 3.68. The molecule has 1 saturated carbocycles. The summed E-state index contributed by atoms with van der Waals surface area (Å²) in [7, 11) is 2.15. The molecule has 318 valence electrons. The molecule has 3 amide bonds. The number of hydrogen-bond donors (Lipinski definition) is 2. The number of hydrogen-bond acceptors (Lipinski definition) is 12. The summed E-state index contributed by atoms with van der Waals surface area (Å²) in [5.41, 5.74) is 3.88. The van der Waals surface area contributed by atoms with Crippen molar-refractivity contribution in [3.8, 4) is 17.1 Å². The van der Waals surface area contributed by atoms with Gasteiger partial charge in [-0.3, -0.25) is 29.7 Å². The van der Waals surface area contributed by atoms with E-state index in [2.05, 4.69) is 65.1 Å². The van der Waals surface area contributed by atoms with Crippen LogP contribution >= 0.6 is 0 Å². The molecule has 1 aliphatic carbocycles. The lowest BCUT2D eigenvalue weighted by Gasteiger charge is -2.35. The van der Waals surface area contributed by atoms with E-state index in [0.717, 1.165) is 138 Å². The second-order valence-electron chi connectivity index (χ2n) is 17.4. The van der Waals surface area contributed by atoms with Gasteiger partial charge in [-0.1, -0.05) is 0 Å². The Bertz CT molecular complexity index is 2230. The zero-order chi connectivity index (χ0) is 41.4. The number of morpholine rings is 1. The number of ether oxygens (including phenoxy) is 2. The molecule has 2 N–H and O–H groups in total. The van der Waals surface area contributed by atoms with E-state index in [4.69, 9.17) is 9.47 Å². The number of carbonyl (C=O) groups excluding carboxylic acids is 3. The van der Waals surface area contributed by atoms with E-state index in [1.807, 2.05) is 18.2 Å². The summed E-state index contributed by atoms with van der Waals surface area (Å²) >= 11 is 0. The number of nitrogens with one attached hydrogen (secondary N) is 2. The lowest BCUT2D eigenvalue weighted by atomic mass is 9.92. The number of aromatic amines is 1. The molecule has 1 atom stereocenters. The number of aromatic nitrogens is 4. The standard InChI is InChI=1S/C24H31FN4O4.C20H24N6O/c25-22-18-15-29(20-3-4-21(30)26-23(20)31)24(32)17(18)1-2-19(22)28-9-6-16(7-10-28)5-8-27-11-13-33-14-12-27;1-20(5-6-20)27-14-3-4-16-15(11-14)19(24-23-16)17-12-18(22-13-21-17)26-9-7-25(2)8-10-26/h1-2,16,20H,3-15H2,(H,26,30,31);3-4,11-13H,5-10H2,1-2H3,(H,23,24). The molecule has 4 aromatic rings.